The third-order valence-corrected chi connectivity index (χ3v) is 3.54. The molecule has 23 heavy (non-hydrogen) atoms. The van der Waals surface area contributed by atoms with E-state index in [0.29, 0.717) is 17.3 Å². The second-order valence-corrected chi connectivity index (χ2v) is 4.95. The van der Waals surface area contributed by atoms with Crippen LogP contribution in [0.3, 0.4) is 0 Å². The Kier molecular flexibility index (Phi) is 4.45. The quantitative estimate of drug-likeness (QED) is 0.923. The molecule has 1 aliphatic rings. The Morgan fingerprint density at radius 2 is 2.13 bits per heavy atom. The number of carboxylic acid groups (broad SMARTS) is 1. The molecule has 4 nitrogen and oxygen atoms in total. The predicted octanol–water partition coefficient (Wildman–Crippen LogP) is 3.62. The molecule has 1 N–H and O–H groups in total. The van der Waals surface area contributed by atoms with E-state index in [9.17, 15) is 23.1 Å². The molecule has 0 saturated carbocycles. The van der Waals surface area contributed by atoms with Gasteiger partial charge in [0, 0.05) is 12.2 Å². The summed E-state index contributed by atoms with van der Waals surface area (Å²) in [6.07, 6.45) is -3.80. The Morgan fingerprint density at radius 3 is 2.65 bits per heavy atom. The van der Waals surface area contributed by atoms with E-state index < -0.39 is 23.4 Å². The monoisotopic (exact) mass is 322 g/mol. The van der Waals surface area contributed by atoms with Crippen LogP contribution in [0.1, 0.15) is 18.9 Å². The van der Waals surface area contributed by atoms with Crippen molar-refractivity contribution in [1.29, 1.82) is 5.26 Å². The molecule has 120 valence electrons. The van der Waals surface area contributed by atoms with Gasteiger partial charge in [0.2, 0.25) is 0 Å². The molecule has 0 aromatic heterocycles. The number of aliphatic carboxylic acids is 1. The van der Waals surface area contributed by atoms with Gasteiger partial charge >= 0.3 is 12.1 Å². The number of nitriles is 1. The smallest absolute Gasteiger partial charge is 0.416 e. The molecule has 0 spiro atoms. The number of anilines is 1. The van der Waals surface area contributed by atoms with Crippen LogP contribution in [-0.2, 0) is 4.79 Å². The molecule has 1 aromatic rings. The van der Waals surface area contributed by atoms with Crippen molar-refractivity contribution in [3.8, 4) is 6.07 Å². The summed E-state index contributed by atoms with van der Waals surface area (Å²) in [6, 6.07) is 8.02. The number of hydrogen-bond acceptors (Lipinski definition) is 3. The number of carboxylic acids is 1. The summed E-state index contributed by atoms with van der Waals surface area (Å²) in [4.78, 5) is 12.7. The standard InChI is InChI=1S/C16H13F3N2O2/c1-2-11-9-21(12-5-3-4-10(6-12)8-20)14(15(22)23)7-13(11)16(17,18)19/h3-7H,2,9H2,1H3,(H,22,23). The number of benzene rings is 1. The van der Waals surface area contributed by atoms with Gasteiger partial charge < -0.3 is 10.0 Å². The van der Waals surface area contributed by atoms with Crippen LogP contribution in [0.2, 0.25) is 0 Å². The van der Waals surface area contributed by atoms with Crippen molar-refractivity contribution in [3.63, 3.8) is 0 Å². The van der Waals surface area contributed by atoms with Crippen molar-refractivity contribution >= 4 is 11.7 Å². The summed E-state index contributed by atoms with van der Waals surface area (Å²) in [5.41, 5.74) is -0.611. The number of halogens is 3. The molecule has 0 fully saturated rings. The van der Waals surface area contributed by atoms with Gasteiger partial charge in [-0.2, -0.15) is 18.4 Å². The Labute approximate surface area is 130 Å². The fourth-order valence-corrected chi connectivity index (χ4v) is 2.41. The fraction of sp³-hybridized carbons (Fsp3) is 0.250. The van der Waals surface area contributed by atoms with Gasteiger partial charge in [-0.25, -0.2) is 4.79 Å². The molecule has 0 atom stereocenters. The number of allylic oxidation sites excluding steroid dienone is 2. The van der Waals surface area contributed by atoms with E-state index in [1.807, 2.05) is 6.07 Å². The summed E-state index contributed by atoms with van der Waals surface area (Å²) in [5, 5.41) is 18.2. The lowest BCUT2D eigenvalue weighted by Crippen LogP contribution is -2.35. The van der Waals surface area contributed by atoms with Crippen LogP contribution >= 0.6 is 0 Å². The first-order chi connectivity index (χ1) is 10.8. The van der Waals surface area contributed by atoms with Gasteiger partial charge in [-0.3, -0.25) is 0 Å². The lowest BCUT2D eigenvalue weighted by atomic mass is 9.98. The van der Waals surface area contributed by atoms with Crippen molar-refractivity contribution in [2.75, 3.05) is 11.4 Å². The van der Waals surface area contributed by atoms with Crippen molar-refractivity contribution in [2.45, 2.75) is 19.5 Å². The summed E-state index contributed by atoms with van der Waals surface area (Å²) < 4.78 is 39.3. The highest BCUT2D eigenvalue weighted by atomic mass is 19.4. The Bertz CT molecular complexity index is 742. The lowest BCUT2D eigenvalue weighted by molar-refractivity contribution is -0.132. The molecular formula is C16H13F3N2O2. The number of alkyl halides is 3. The van der Waals surface area contributed by atoms with Gasteiger partial charge in [0.1, 0.15) is 5.70 Å². The average Bonchev–Trinajstić information content (AvgIpc) is 2.52. The zero-order valence-corrected chi connectivity index (χ0v) is 12.2. The number of hydrogen-bond donors (Lipinski definition) is 1. The molecule has 0 saturated heterocycles. The first-order valence-electron chi connectivity index (χ1n) is 6.79. The molecule has 0 aliphatic carbocycles. The van der Waals surface area contributed by atoms with Crippen LogP contribution in [0.4, 0.5) is 18.9 Å². The minimum absolute atomic E-state index is 0.102. The minimum atomic E-state index is -4.60. The number of carbonyl (C=O) groups is 1. The Morgan fingerprint density at radius 1 is 1.43 bits per heavy atom. The van der Waals surface area contributed by atoms with Gasteiger partial charge in [-0.15, -0.1) is 0 Å². The summed E-state index contributed by atoms with van der Waals surface area (Å²) >= 11 is 0. The second-order valence-electron chi connectivity index (χ2n) is 4.95. The van der Waals surface area contributed by atoms with E-state index in [0.717, 1.165) is 0 Å². The highest BCUT2D eigenvalue weighted by molar-refractivity contribution is 5.93. The molecule has 2 rings (SSSR count). The van der Waals surface area contributed by atoms with E-state index in [1.165, 1.54) is 17.0 Å². The largest absolute Gasteiger partial charge is 0.477 e. The van der Waals surface area contributed by atoms with Crippen molar-refractivity contribution in [3.05, 3.63) is 52.7 Å². The van der Waals surface area contributed by atoms with E-state index in [1.54, 1.807) is 19.1 Å². The highest BCUT2D eigenvalue weighted by Crippen LogP contribution is 2.37. The summed E-state index contributed by atoms with van der Waals surface area (Å²) in [7, 11) is 0. The van der Waals surface area contributed by atoms with Crippen LogP contribution in [0.25, 0.3) is 0 Å². The van der Waals surface area contributed by atoms with E-state index in [4.69, 9.17) is 5.26 Å². The van der Waals surface area contributed by atoms with Crippen molar-refractivity contribution in [1.82, 2.24) is 0 Å². The topological polar surface area (TPSA) is 64.3 Å². The first kappa shape index (κ1) is 16.6. The zero-order valence-electron chi connectivity index (χ0n) is 12.2. The molecule has 7 heteroatoms. The van der Waals surface area contributed by atoms with Crippen molar-refractivity contribution in [2.24, 2.45) is 0 Å². The molecule has 0 radical (unpaired) electrons. The second kappa shape index (κ2) is 6.16. The maximum Gasteiger partial charge on any atom is 0.416 e. The van der Waals surface area contributed by atoms with E-state index in [2.05, 4.69) is 0 Å². The normalized spacial score (nSPS) is 15.3. The van der Waals surface area contributed by atoms with Crippen LogP contribution in [0.5, 0.6) is 0 Å². The van der Waals surface area contributed by atoms with Gasteiger partial charge in [0.05, 0.1) is 17.2 Å². The van der Waals surface area contributed by atoms with Crippen LogP contribution < -0.4 is 4.90 Å². The predicted molar refractivity (Wildman–Crippen MR) is 77.6 cm³/mol. The third-order valence-electron chi connectivity index (χ3n) is 3.54. The molecule has 0 bridgehead atoms. The molecule has 1 aromatic carbocycles. The molecule has 0 amide bonds. The third kappa shape index (κ3) is 3.37. The number of rotatable bonds is 3. The summed E-state index contributed by atoms with van der Waals surface area (Å²) in [6.45, 7) is 1.41. The molecular weight excluding hydrogens is 309 g/mol. The van der Waals surface area contributed by atoms with Gasteiger partial charge in [-0.1, -0.05) is 13.0 Å². The maximum absolute atomic E-state index is 13.1. The van der Waals surface area contributed by atoms with E-state index >= 15 is 0 Å². The van der Waals surface area contributed by atoms with Crippen LogP contribution in [0, 0.1) is 11.3 Å². The Balaban J connectivity index is 2.56. The highest BCUT2D eigenvalue weighted by Gasteiger charge is 2.39. The van der Waals surface area contributed by atoms with Gasteiger partial charge in [0.25, 0.3) is 0 Å². The molecule has 1 aliphatic heterocycles. The number of nitrogens with zero attached hydrogens (tertiary/aromatic N) is 2. The van der Waals surface area contributed by atoms with Gasteiger partial charge in [0.15, 0.2) is 0 Å². The fourth-order valence-electron chi connectivity index (χ4n) is 2.41. The maximum atomic E-state index is 13.1. The molecule has 1 heterocycles. The van der Waals surface area contributed by atoms with Crippen LogP contribution in [0.15, 0.2) is 47.2 Å². The SMILES string of the molecule is CCC1=C(C(F)(F)F)C=C(C(=O)O)N(c2cccc(C#N)c2)C1. The first-order valence-corrected chi connectivity index (χ1v) is 6.79. The van der Waals surface area contributed by atoms with Gasteiger partial charge in [-0.05, 0) is 36.3 Å². The van der Waals surface area contributed by atoms with Crippen molar-refractivity contribution < 1.29 is 23.1 Å². The van der Waals surface area contributed by atoms with Crippen LogP contribution in [-0.4, -0.2) is 23.8 Å². The Hall–Kier alpha value is -2.75. The van der Waals surface area contributed by atoms with E-state index in [-0.39, 0.29) is 18.5 Å². The summed E-state index contributed by atoms with van der Waals surface area (Å²) in [5.74, 6) is -1.45. The molecule has 0 unspecified atom stereocenters. The lowest BCUT2D eigenvalue weighted by Gasteiger charge is -2.31. The zero-order chi connectivity index (χ0) is 17.2. The minimum Gasteiger partial charge on any atom is -0.477 e. The average molecular weight is 322 g/mol.